The minimum absolute atomic E-state index is 0.205. The molecule has 96 valence electrons. The summed E-state index contributed by atoms with van der Waals surface area (Å²) in [5.41, 5.74) is 2.61. The zero-order valence-corrected chi connectivity index (χ0v) is 10.2. The average Bonchev–Trinajstić information content (AvgIpc) is 2.82. The first kappa shape index (κ1) is 11.6. The van der Waals surface area contributed by atoms with Crippen molar-refractivity contribution in [3.8, 4) is 0 Å². The van der Waals surface area contributed by atoms with Crippen LogP contribution in [0.3, 0.4) is 0 Å². The Hall–Kier alpha value is -1.46. The monoisotopic (exact) mass is 248 g/mol. The number of nitro benzene ring substituents is 1. The quantitative estimate of drug-likeness (QED) is 0.586. The zero-order chi connectivity index (χ0) is 12.5. The van der Waals surface area contributed by atoms with Crippen molar-refractivity contribution in [2.75, 3.05) is 26.3 Å². The molecular weight excluding hydrogens is 232 g/mol. The van der Waals surface area contributed by atoms with Crippen molar-refractivity contribution in [3.05, 3.63) is 39.4 Å². The Kier molecular flexibility index (Phi) is 3.01. The van der Waals surface area contributed by atoms with Gasteiger partial charge in [-0.05, 0) is 24.0 Å². The lowest BCUT2D eigenvalue weighted by Gasteiger charge is -2.31. The summed E-state index contributed by atoms with van der Waals surface area (Å²) in [5, 5.41) is 10.8. The standard InChI is InChI=1S/C13H16N2O3/c16-15(17)12-2-1-10-7-13(9-11(10)8-12)14-3-5-18-6-4-14/h1-2,8,13H,3-7,9H2. The molecule has 5 heteroatoms. The van der Waals surface area contributed by atoms with Gasteiger partial charge < -0.3 is 4.74 Å². The Bertz CT molecular complexity index is 469. The van der Waals surface area contributed by atoms with Gasteiger partial charge in [0.2, 0.25) is 0 Å². The highest BCUT2D eigenvalue weighted by Crippen LogP contribution is 2.29. The van der Waals surface area contributed by atoms with Gasteiger partial charge in [0, 0.05) is 31.3 Å². The van der Waals surface area contributed by atoms with E-state index in [1.165, 1.54) is 5.56 Å². The highest BCUT2D eigenvalue weighted by Gasteiger charge is 2.28. The number of fused-ring (bicyclic) bond motifs is 1. The molecule has 1 aromatic carbocycles. The van der Waals surface area contributed by atoms with E-state index >= 15 is 0 Å². The van der Waals surface area contributed by atoms with Gasteiger partial charge in [0.1, 0.15) is 0 Å². The summed E-state index contributed by atoms with van der Waals surface area (Å²) in [5.74, 6) is 0. The summed E-state index contributed by atoms with van der Waals surface area (Å²) in [6.45, 7) is 3.54. The molecule has 1 aliphatic heterocycles. The number of hydrogen-bond donors (Lipinski definition) is 0. The number of rotatable bonds is 2. The number of ether oxygens (including phenoxy) is 1. The minimum atomic E-state index is -0.317. The van der Waals surface area contributed by atoms with Gasteiger partial charge in [-0.25, -0.2) is 0 Å². The summed E-state index contributed by atoms with van der Waals surface area (Å²) in [4.78, 5) is 12.9. The van der Waals surface area contributed by atoms with Crippen LogP contribution in [0.25, 0.3) is 0 Å². The molecule has 0 aromatic heterocycles. The molecule has 1 fully saturated rings. The van der Waals surface area contributed by atoms with Gasteiger partial charge in [-0.2, -0.15) is 0 Å². The molecule has 5 nitrogen and oxygen atoms in total. The fourth-order valence-electron chi connectivity index (χ4n) is 2.90. The van der Waals surface area contributed by atoms with Crippen molar-refractivity contribution in [1.82, 2.24) is 4.90 Å². The van der Waals surface area contributed by atoms with Crippen LogP contribution in [0, 0.1) is 10.1 Å². The van der Waals surface area contributed by atoms with Crippen LogP contribution in [-0.2, 0) is 17.6 Å². The van der Waals surface area contributed by atoms with Gasteiger partial charge in [-0.3, -0.25) is 15.0 Å². The lowest BCUT2D eigenvalue weighted by atomic mass is 10.1. The van der Waals surface area contributed by atoms with Gasteiger partial charge in [0.05, 0.1) is 18.1 Å². The maximum absolute atomic E-state index is 10.8. The minimum Gasteiger partial charge on any atom is -0.379 e. The molecule has 18 heavy (non-hydrogen) atoms. The van der Waals surface area contributed by atoms with E-state index in [2.05, 4.69) is 4.90 Å². The second-order valence-corrected chi connectivity index (χ2v) is 4.92. The summed E-state index contributed by atoms with van der Waals surface area (Å²) in [7, 11) is 0. The molecule has 1 unspecified atom stereocenters. The van der Waals surface area contributed by atoms with E-state index in [1.54, 1.807) is 12.1 Å². The fourth-order valence-corrected chi connectivity index (χ4v) is 2.90. The average molecular weight is 248 g/mol. The molecule has 3 rings (SSSR count). The normalized spacial score (nSPS) is 23.9. The first-order valence-electron chi connectivity index (χ1n) is 6.32. The van der Waals surface area contributed by atoms with Crippen molar-refractivity contribution in [2.45, 2.75) is 18.9 Å². The highest BCUT2D eigenvalue weighted by atomic mass is 16.6. The maximum Gasteiger partial charge on any atom is 0.269 e. The van der Waals surface area contributed by atoms with Crippen LogP contribution in [0.1, 0.15) is 11.1 Å². The van der Waals surface area contributed by atoms with Gasteiger partial charge in [-0.15, -0.1) is 0 Å². The first-order chi connectivity index (χ1) is 8.74. The Labute approximate surface area is 106 Å². The molecule has 0 N–H and O–H groups in total. The second-order valence-electron chi connectivity index (χ2n) is 4.92. The van der Waals surface area contributed by atoms with Gasteiger partial charge in [0.15, 0.2) is 0 Å². The Morgan fingerprint density at radius 2 is 1.94 bits per heavy atom. The summed E-state index contributed by atoms with van der Waals surface area (Å²) in [6, 6.07) is 5.75. The molecule has 1 heterocycles. The maximum atomic E-state index is 10.8. The third-order valence-corrected chi connectivity index (χ3v) is 3.87. The van der Waals surface area contributed by atoms with Gasteiger partial charge >= 0.3 is 0 Å². The predicted octanol–water partition coefficient (Wildman–Crippen LogP) is 1.39. The third kappa shape index (κ3) is 2.11. The molecule has 1 aromatic rings. The number of non-ortho nitro benzene ring substituents is 1. The van der Waals surface area contributed by atoms with Crippen molar-refractivity contribution >= 4 is 5.69 Å². The van der Waals surface area contributed by atoms with Crippen LogP contribution in [0.2, 0.25) is 0 Å². The molecule has 2 aliphatic rings. The van der Waals surface area contributed by atoms with Crippen LogP contribution in [0.5, 0.6) is 0 Å². The largest absolute Gasteiger partial charge is 0.379 e. The summed E-state index contributed by atoms with van der Waals surface area (Å²) >= 11 is 0. The third-order valence-electron chi connectivity index (χ3n) is 3.87. The lowest BCUT2D eigenvalue weighted by Crippen LogP contribution is -2.43. The number of nitrogens with zero attached hydrogens (tertiary/aromatic N) is 2. The summed E-state index contributed by atoms with van der Waals surface area (Å²) in [6.07, 6.45) is 1.93. The van der Waals surface area contributed by atoms with Crippen LogP contribution in [0.15, 0.2) is 18.2 Å². The molecule has 0 amide bonds. The molecule has 1 atom stereocenters. The van der Waals surface area contributed by atoms with Crippen LogP contribution in [-0.4, -0.2) is 42.2 Å². The molecule has 0 spiro atoms. The second kappa shape index (κ2) is 4.66. The zero-order valence-electron chi connectivity index (χ0n) is 10.2. The van der Waals surface area contributed by atoms with Crippen molar-refractivity contribution in [3.63, 3.8) is 0 Å². The lowest BCUT2D eigenvalue weighted by molar-refractivity contribution is -0.384. The fraction of sp³-hybridized carbons (Fsp3) is 0.538. The molecule has 0 bridgehead atoms. The molecule has 0 radical (unpaired) electrons. The van der Waals surface area contributed by atoms with E-state index in [0.717, 1.165) is 44.7 Å². The van der Waals surface area contributed by atoms with Crippen LogP contribution < -0.4 is 0 Å². The summed E-state index contributed by atoms with van der Waals surface area (Å²) < 4.78 is 5.36. The van der Waals surface area contributed by atoms with Crippen LogP contribution in [0.4, 0.5) is 5.69 Å². The molecular formula is C13H16N2O3. The Balaban J connectivity index is 1.76. The molecule has 0 saturated carbocycles. The van der Waals surface area contributed by atoms with Gasteiger partial charge in [-0.1, -0.05) is 6.07 Å². The van der Waals surface area contributed by atoms with E-state index in [4.69, 9.17) is 4.74 Å². The predicted molar refractivity (Wildman–Crippen MR) is 66.7 cm³/mol. The van der Waals surface area contributed by atoms with E-state index in [0.29, 0.717) is 6.04 Å². The van der Waals surface area contributed by atoms with Crippen molar-refractivity contribution < 1.29 is 9.66 Å². The van der Waals surface area contributed by atoms with E-state index in [1.807, 2.05) is 6.07 Å². The van der Waals surface area contributed by atoms with Gasteiger partial charge in [0.25, 0.3) is 5.69 Å². The molecule has 1 saturated heterocycles. The van der Waals surface area contributed by atoms with Crippen LogP contribution >= 0.6 is 0 Å². The van der Waals surface area contributed by atoms with Crippen molar-refractivity contribution in [1.29, 1.82) is 0 Å². The van der Waals surface area contributed by atoms with Crippen molar-refractivity contribution in [2.24, 2.45) is 0 Å². The number of nitro groups is 1. The topological polar surface area (TPSA) is 55.6 Å². The number of morpholine rings is 1. The Morgan fingerprint density at radius 3 is 2.67 bits per heavy atom. The SMILES string of the molecule is O=[N+]([O-])c1ccc2c(c1)CC(N1CCOCC1)C2. The smallest absolute Gasteiger partial charge is 0.269 e. The van der Waals surface area contributed by atoms with E-state index in [-0.39, 0.29) is 10.6 Å². The number of hydrogen-bond acceptors (Lipinski definition) is 4. The highest BCUT2D eigenvalue weighted by molar-refractivity contribution is 5.43. The molecule has 1 aliphatic carbocycles. The van der Waals surface area contributed by atoms with E-state index < -0.39 is 0 Å². The van der Waals surface area contributed by atoms with E-state index in [9.17, 15) is 10.1 Å². The Morgan fingerprint density at radius 1 is 1.22 bits per heavy atom. The number of benzene rings is 1. The first-order valence-corrected chi connectivity index (χ1v) is 6.32.